The minimum atomic E-state index is -2.62. The van der Waals surface area contributed by atoms with Crippen LogP contribution in [0.3, 0.4) is 0 Å². The van der Waals surface area contributed by atoms with Crippen molar-refractivity contribution in [3.8, 4) is 0 Å². The lowest BCUT2D eigenvalue weighted by Gasteiger charge is -1.95. The molecule has 1 aromatic heterocycles. The van der Waals surface area contributed by atoms with Crippen LogP contribution in [0.25, 0.3) is 0 Å². The van der Waals surface area contributed by atoms with E-state index in [4.69, 9.17) is 5.73 Å². The predicted molar refractivity (Wildman–Crippen MR) is 31.4 cm³/mol. The summed E-state index contributed by atoms with van der Waals surface area (Å²) in [7, 11) is 0. The van der Waals surface area contributed by atoms with Gasteiger partial charge in [-0.05, 0) is 0 Å². The summed E-state index contributed by atoms with van der Waals surface area (Å²) < 4.78 is 23.5. The molecule has 1 rings (SSSR count). The molecule has 1 heterocycles. The number of hydrogen-bond donors (Lipinski definition) is 1. The van der Waals surface area contributed by atoms with Crippen LogP contribution in [0.5, 0.6) is 0 Å². The normalized spacial score (nSPS) is 10.3. The van der Waals surface area contributed by atoms with Gasteiger partial charge >= 0.3 is 0 Å². The number of halogens is 2. The zero-order chi connectivity index (χ0) is 7.56. The van der Waals surface area contributed by atoms with Crippen LogP contribution in [-0.2, 0) is 0 Å². The highest BCUT2D eigenvalue weighted by atomic mass is 19.3. The molecule has 1 aromatic rings. The molecule has 0 amide bonds. The van der Waals surface area contributed by atoms with E-state index in [2.05, 4.69) is 9.97 Å². The van der Waals surface area contributed by atoms with E-state index in [0.717, 1.165) is 12.4 Å². The molecule has 2 N–H and O–H groups in total. The maximum absolute atomic E-state index is 11.7. The van der Waals surface area contributed by atoms with Crippen molar-refractivity contribution < 1.29 is 8.78 Å². The van der Waals surface area contributed by atoms with Crippen LogP contribution in [0.15, 0.2) is 12.4 Å². The van der Waals surface area contributed by atoms with Crippen molar-refractivity contribution >= 4 is 5.69 Å². The van der Waals surface area contributed by atoms with Crippen molar-refractivity contribution in [3.05, 3.63) is 18.2 Å². The average molecular weight is 145 g/mol. The Labute approximate surface area is 55.9 Å². The predicted octanol–water partition coefficient (Wildman–Crippen LogP) is 0.996. The largest absolute Gasteiger partial charge is 0.396 e. The van der Waals surface area contributed by atoms with Crippen molar-refractivity contribution in [3.63, 3.8) is 0 Å². The Balaban J connectivity index is 2.89. The molecule has 3 nitrogen and oxygen atoms in total. The molecule has 0 bridgehead atoms. The molecule has 0 fully saturated rings. The second-order valence-corrected chi connectivity index (χ2v) is 1.68. The third-order valence-corrected chi connectivity index (χ3v) is 0.887. The SMILES string of the molecule is Nc1cnc(C(F)F)nc1. The summed E-state index contributed by atoms with van der Waals surface area (Å²) in [5, 5.41) is 0. The van der Waals surface area contributed by atoms with Gasteiger partial charge in [-0.1, -0.05) is 0 Å². The first-order valence-electron chi connectivity index (χ1n) is 2.55. The van der Waals surface area contributed by atoms with Crippen LogP contribution in [0.4, 0.5) is 14.5 Å². The standard InChI is InChI=1S/C5H5F2N3/c6-4(7)5-9-1-3(8)2-10-5/h1-2,4H,8H2. The zero-order valence-electron chi connectivity index (χ0n) is 4.96. The molecule has 0 aromatic carbocycles. The van der Waals surface area contributed by atoms with E-state index in [0.29, 0.717) is 0 Å². The molecule has 0 radical (unpaired) electrons. The Kier molecular flexibility index (Phi) is 1.75. The summed E-state index contributed by atoms with van der Waals surface area (Å²) in [6.45, 7) is 0. The van der Waals surface area contributed by atoms with Gasteiger partial charge in [-0.2, -0.15) is 0 Å². The van der Waals surface area contributed by atoms with Crippen molar-refractivity contribution in [1.82, 2.24) is 9.97 Å². The number of anilines is 1. The summed E-state index contributed by atoms with van der Waals surface area (Å²) >= 11 is 0. The lowest BCUT2D eigenvalue weighted by atomic mass is 10.5. The van der Waals surface area contributed by atoms with Gasteiger partial charge in [0.1, 0.15) is 0 Å². The van der Waals surface area contributed by atoms with Crippen molar-refractivity contribution in [2.24, 2.45) is 0 Å². The van der Waals surface area contributed by atoms with Crippen molar-refractivity contribution in [2.45, 2.75) is 6.43 Å². The summed E-state index contributed by atoms with van der Waals surface area (Å²) in [5.41, 5.74) is 5.44. The lowest BCUT2D eigenvalue weighted by Crippen LogP contribution is -1.96. The summed E-state index contributed by atoms with van der Waals surface area (Å²) in [6.07, 6.45) is -0.330. The number of nitrogens with zero attached hydrogens (tertiary/aromatic N) is 2. The van der Waals surface area contributed by atoms with Crippen LogP contribution in [-0.4, -0.2) is 9.97 Å². The van der Waals surface area contributed by atoms with Gasteiger partial charge in [-0.25, -0.2) is 18.7 Å². The molecule has 0 saturated heterocycles. The fraction of sp³-hybridized carbons (Fsp3) is 0.200. The second-order valence-electron chi connectivity index (χ2n) is 1.68. The first-order chi connectivity index (χ1) is 4.70. The topological polar surface area (TPSA) is 51.8 Å². The smallest absolute Gasteiger partial charge is 0.297 e. The molecule has 0 aliphatic rings. The molecule has 10 heavy (non-hydrogen) atoms. The number of alkyl halides is 2. The van der Waals surface area contributed by atoms with E-state index < -0.39 is 12.2 Å². The highest BCUT2D eigenvalue weighted by molar-refractivity contribution is 5.30. The van der Waals surface area contributed by atoms with E-state index in [9.17, 15) is 8.78 Å². The van der Waals surface area contributed by atoms with Crippen LogP contribution in [0, 0.1) is 0 Å². The number of aromatic nitrogens is 2. The van der Waals surface area contributed by atoms with Gasteiger partial charge in [0.25, 0.3) is 6.43 Å². The number of nitrogens with two attached hydrogens (primary N) is 1. The third-order valence-electron chi connectivity index (χ3n) is 0.887. The molecular formula is C5H5F2N3. The Morgan fingerprint density at radius 3 is 2.20 bits per heavy atom. The minimum absolute atomic E-state index is 0.282. The van der Waals surface area contributed by atoms with Gasteiger partial charge < -0.3 is 5.73 Å². The van der Waals surface area contributed by atoms with Gasteiger partial charge in [-0.3, -0.25) is 0 Å². The highest BCUT2D eigenvalue weighted by Gasteiger charge is 2.08. The number of rotatable bonds is 1. The first kappa shape index (κ1) is 6.85. The number of hydrogen-bond acceptors (Lipinski definition) is 3. The third kappa shape index (κ3) is 1.37. The molecule has 0 saturated carbocycles. The second kappa shape index (κ2) is 2.55. The Morgan fingerprint density at radius 1 is 1.30 bits per heavy atom. The molecule has 0 aliphatic heterocycles. The van der Waals surface area contributed by atoms with Gasteiger partial charge in [0.2, 0.25) is 0 Å². The fourth-order valence-corrected chi connectivity index (χ4v) is 0.461. The van der Waals surface area contributed by atoms with Gasteiger partial charge in [0.15, 0.2) is 5.82 Å². The van der Waals surface area contributed by atoms with Crippen molar-refractivity contribution in [1.29, 1.82) is 0 Å². The van der Waals surface area contributed by atoms with Gasteiger partial charge in [0.05, 0.1) is 18.1 Å². The van der Waals surface area contributed by atoms with Crippen LogP contribution < -0.4 is 5.73 Å². The van der Waals surface area contributed by atoms with E-state index in [-0.39, 0.29) is 5.69 Å². The molecule has 0 unspecified atom stereocenters. The Morgan fingerprint density at radius 2 is 1.80 bits per heavy atom. The van der Waals surface area contributed by atoms with Crippen LogP contribution >= 0.6 is 0 Å². The fourth-order valence-electron chi connectivity index (χ4n) is 0.461. The summed E-state index contributed by atoms with van der Waals surface area (Å²) in [5.74, 6) is -0.491. The monoisotopic (exact) mass is 145 g/mol. The van der Waals surface area contributed by atoms with Gasteiger partial charge in [0, 0.05) is 0 Å². The summed E-state index contributed by atoms with van der Waals surface area (Å²) in [6, 6.07) is 0. The Hall–Kier alpha value is -1.26. The summed E-state index contributed by atoms with van der Waals surface area (Å²) in [4.78, 5) is 6.58. The van der Waals surface area contributed by atoms with E-state index >= 15 is 0 Å². The number of nitrogen functional groups attached to an aromatic ring is 1. The maximum Gasteiger partial charge on any atom is 0.297 e. The molecule has 54 valence electrons. The molecular weight excluding hydrogens is 140 g/mol. The van der Waals surface area contributed by atoms with E-state index in [1.807, 2.05) is 0 Å². The highest BCUT2D eigenvalue weighted by Crippen LogP contribution is 2.12. The minimum Gasteiger partial charge on any atom is -0.396 e. The van der Waals surface area contributed by atoms with Gasteiger partial charge in [-0.15, -0.1) is 0 Å². The van der Waals surface area contributed by atoms with E-state index in [1.54, 1.807) is 0 Å². The lowest BCUT2D eigenvalue weighted by molar-refractivity contribution is 0.140. The molecule has 0 atom stereocenters. The van der Waals surface area contributed by atoms with Crippen LogP contribution in [0.2, 0.25) is 0 Å². The van der Waals surface area contributed by atoms with Crippen molar-refractivity contribution in [2.75, 3.05) is 5.73 Å². The van der Waals surface area contributed by atoms with E-state index in [1.165, 1.54) is 0 Å². The Bertz CT molecular complexity index is 209. The molecule has 5 heteroatoms. The first-order valence-corrected chi connectivity index (χ1v) is 2.55. The zero-order valence-corrected chi connectivity index (χ0v) is 4.96. The maximum atomic E-state index is 11.7. The average Bonchev–Trinajstić information content (AvgIpc) is 1.88. The van der Waals surface area contributed by atoms with Crippen LogP contribution in [0.1, 0.15) is 12.2 Å². The quantitative estimate of drug-likeness (QED) is 0.641. The molecule has 0 spiro atoms. The molecule has 0 aliphatic carbocycles.